The normalized spacial score (nSPS) is 16.8. The predicted molar refractivity (Wildman–Crippen MR) is 51.7 cm³/mol. The summed E-state index contributed by atoms with van der Waals surface area (Å²) in [7, 11) is 0. The predicted octanol–water partition coefficient (Wildman–Crippen LogP) is 3.56. The maximum absolute atomic E-state index is 2.35. The number of hydrogen-bond acceptors (Lipinski definition) is 1. The van der Waals surface area contributed by atoms with E-state index in [2.05, 4.69) is 27.0 Å². The van der Waals surface area contributed by atoms with Crippen molar-refractivity contribution in [2.75, 3.05) is 6.26 Å². The zero-order valence-electron chi connectivity index (χ0n) is 7.68. The largest absolute Gasteiger partial charge is 0.162 e. The van der Waals surface area contributed by atoms with E-state index in [-0.39, 0.29) is 0 Å². The van der Waals surface area contributed by atoms with Gasteiger partial charge in [0.25, 0.3) is 0 Å². The van der Waals surface area contributed by atoms with E-state index in [1.165, 1.54) is 19.3 Å². The molecular formula is C9H20S. The first-order chi connectivity index (χ1) is 4.74. The molecule has 0 aromatic carbocycles. The molecule has 0 amide bonds. The summed E-state index contributed by atoms with van der Waals surface area (Å²) in [6.07, 6.45) is 6.27. The molecule has 0 bridgehead atoms. The minimum atomic E-state index is 0.898. The van der Waals surface area contributed by atoms with E-state index < -0.39 is 0 Å². The molecule has 0 fully saturated rings. The number of rotatable bonds is 5. The van der Waals surface area contributed by atoms with Crippen LogP contribution in [-0.4, -0.2) is 11.5 Å². The van der Waals surface area contributed by atoms with E-state index in [1.54, 1.807) is 0 Å². The summed E-state index contributed by atoms with van der Waals surface area (Å²) in [5, 5.41) is 0.898. The van der Waals surface area contributed by atoms with Gasteiger partial charge in [0, 0.05) is 5.25 Å². The lowest BCUT2D eigenvalue weighted by Crippen LogP contribution is -2.05. The van der Waals surface area contributed by atoms with Crippen LogP contribution in [0.15, 0.2) is 0 Å². The second-order valence-electron chi connectivity index (χ2n) is 3.02. The smallest absolute Gasteiger partial charge is 0.00441 e. The molecule has 0 radical (unpaired) electrons. The second-order valence-corrected chi connectivity index (χ2v) is 4.15. The summed E-state index contributed by atoms with van der Waals surface area (Å²) in [6, 6.07) is 0. The van der Waals surface area contributed by atoms with Crippen LogP contribution in [-0.2, 0) is 0 Å². The van der Waals surface area contributed by atoms with Crippen molar-refractivity contribution >= 4 is 11.8 Å². The highest BCUT2D eigenvalue weighted by Crippen LogP contribution is 2.21. The molecule has 0 aromatic rings. The van der Waals surface area contributed by atoms with E-state index in [4.69, 9.17) is 0 Å². The average molecular weight is 160 g/mol. The molecule has 0 aliphatic rings. The molecule has 0 saturated heterocycles. The van der Waals surface area contributed by atoms with E-state index in [9.17, 15) is 0 Å². The Labute approximate surface area is 69.8 Å². The molecule has 1 unspecified atom stereocenters. The van der Waals surface area contributed by atoms with Crippen molar-refractivity contribution < 1.29 is 0 Å². The zero-order chi connectivity index (χ0) is 7.98. The summed E-state index contributed by atoms with van der Waals surface area (Å²) in [4.78, 5) is 0. The van der Waals surface area contributed by atoms with Gasteiger partial charge in [-0.15, -0.1) is 0 Å². The fourth-order valence-electron chi connectivity index (χ4n) is 1.05. The van der Waals surface area contributed by atoms with Crippen molar-refractivity contribution in [1.82, 2.24) is 0 Å². The van der Waals surface area contributed by atoms with Gasteiger partial charge >= 0.3 is 0 Å². The Balaban J connectivity index is 3.41. The molecule has 2 atom stereocenters. The van der Waals surface area contributed by atoms with Crippen molar-refractivity contribution in [3.05, 3.63) is 0 Å². The molecule has 0 rings (SSSR count). The quantitative estimate of drug-likeness (QED) is 0.592. The highest BCUT2D eigenvalue weighted by molar-refractivity contribution is 7.99. The van der Waals surface area contributed by atoms with Crippen LogP contribution in [0.25, 0.3) is 0 Å². The summed E-state index contributed by atoms with van der Waals surface area (Å²) in [5.41, 5.74) is 0. The third kappa shape index (κ3) is 4.21. The van der Waals surface area contributed by atoms with Gasteiger partial charge in [0.05, 0.1) is 0 Å². The summed E-state index contributed by atoms with van der Waals surface area (Å²) < 4.78 is 0. The topological polar surface area (TPSA) is 0 Å². The van der Waals surface area contributed by atoms with E-state index in [1.807, 2.05) is 11.8 Å². The van der Waals surface area contributed by atoms with Crippen LogP contribution in [0.1, 0.15) is 40.0 Å². The lowest BCUT2D eigenvalue weighted by Gasteiger charge is -2.15. The van der Waals surface area contributed by atoms with Crippen LogP contribution < -0.4 is 0 Å². The Kier molecular flexibility index (Phi) is 6.30. The molecule has 0 aliphatic heterocycles. The Morgan fingerprint density at radius 1 is 1.20 bits per heavy atom. The molecule has 0 aliphatic carbocycles. The third-order valence-electron chi connectivity index (χ3n) is 2.15. The average Bonchev–Trinajstić information content (AvgIpc) is 1.99. The number of thioether (sulfide) groups is 1. The molecule has 1 heteroatoms. The minimum Gasteiger partial charge on any atom is -0.162 e. The number of hydrogen-bond donors (Lipinski definition) is 0. The lowest BCUT2D eigenvalue weighted by molar-refractivity contribution is 0.500. The molecule has 10 heavy (non-hydrogen) atoms. The van der Waals surface area contributed by atoms with Crippen LogP contribution in [0.5, 0.6) is 0 Å². The maximum Gasteiger partial charge on any atom is 0.00441 e. The van der Waals surface area contributed by atoms with Crippen LogP contribution in [0, 0.1) is 5.92 Å². The van der Waals surface area contributed by atoms with Gasteiger partial charge in [0.1, 0.15) is 0 Å². The van der Waals surface area contributed by atoms with Gasteiger partial charge in [-0.2, -0.15) is 11.8 Å². The lowest BCUT2D eigenvalue weighted by atomic mass is 10.0. The first-order valence-electron chi connectivity index (χ1n) is 4.27. The summed E-state index contributed by atoms with van der Waals surface area (Å²) >= 11 is 2.01. The molecule has 62 valence electrons. The Hall–Kier alpha value is 0.350. The van der Waals surface area contributed by atoms with E-state index in [0.717, 1.165) is 11.2 Å². The Morgan fingerprint density at radius 2 is 1.80 bits per heavy atom. The van der Waals surface area contributed by atoms with Crippen molar-refractivity contribution in [2.24, 2.45) is 5.92 Å². The van der Waals surface area contributed by atoms with Gasteiger partial charge in [0.15, 0.2) is 0 Å². The SMILES string of the molecule is CCC(C[C@H](C)CC)SC. The highest BCUT2D eigenvalue weighted by atomic mass is 32.2. The molecule has 0 saturated carbocycles. The fraction of sp³-hybridized carbons (Fsp3) is 1.00. The first kappa shape index (κ1) is 10.3. The fourth-order valence-corrected chi connectivity index (χ4v) is 1.90. The molecular weight excluding hydrogens is 140 g/mol. The standard InChI is InChI=1S/C9H20S/c1-5-8(3)7-9(6-2)10-4/h8-9H,5-7H2,1-4H3/t8-,9?/m1/s1. The van der Waals surface area contributed by atoms with Gasteiger partial charge in [-0.1, -0.05) is 27.2 Å². The van der Waals surface area contributed by atoms with Gasteiger partial charge < -0.3 is 0 Å². The summed E-state index contributed by atoms with van der Waals surface area (Å²) in [5.74, 6) is 0.914. The molecule has 0 spiro atoms. The van der Waals surface area contributed by atoms with Crippen molar-refractivity contribution in [3.8, 4) is 0 Å². The van der Waals surface area contributed by atoms with Crippen LogP contribution >= 0.6 is 11.8 Å². The Bertz CT molecular complexity index is 67.1. The molecule has 0 heterocycles. The van der Waals surface area contributed by atoms with Crippen molar-refractivity contribution in [2.45, 2.75) is 45.3 Å². The van der Waals surface area contributed by atoms with Gasteiger partial charge in [-0.3, -0.25) is 0 Å². The minimum absolute atomic E-state index is 0.898. The molecule has 0 N–H and O–H groups in total. The molecule has 0 nitrogen and oxygen atoms in total. The highest BCUT2D eigenvalue weighted by Gasteiger charge is 2.07. The molecule has 0 aromatic heterocycles. The van der Waals surface area contributed by atoms with Crippen molar-refractivity contribution in [1.29, 1.82) is 0 Å². The van der Waals surface area contributed by atoms with Crippen LogP contribution in [0.2, 0.25) is 0 Å². The summed E-state index contributed by atoms with van der Waals surface area (Å²) in [6.45, 7) is 6.90. The third-order valence-corrected chi connectivity index (χ3v) is 3.34. The first-order valence-corrected chi connectivity index (χ1v) is 5.56. The van der Waals surface area contributed by atoms with Gasteiger partial charge in [-0.25, -0.2) is 0 Å². The van der Waals surface area contributed by atoms with E-state index >= 15 is 0 Å². The van der Waals surface area contributed by atoms with Gasteiger partial charge in [-0.05, 0) is 25.0 Å². The second kappa shape index (κ2) is 6.09. The zero-order valence-corrected chi connectivity index (χ0v) is 8.50. The van der Waals surface area contributed by atoms with Crippen LogP contribution in [0.4, 0.5) is 0 Å². The van der Waals surface area contributed by atoms with Gasteiger partial charge in [0.2, 0.25) is 0 Å². The maximum atomic E-state index is 2.35. The Morgan fingerprint density at radius 3 is 2.10 bits per heavy atom. The van der Waals surface area contributed by atoms with E-state index in [0.29, 0.717) is 0 Å². The monoisotopic (exact) mass is 160 g/mol. The van der Waals surface area contributed by atoms with Crippen molar-refractivity contribution in [3.63, 3.8) is 0 Å². The van der Waals surface area contributed by atoms with Crippen LogP contribution in [0.3, 0.4) is 0 Å².